The van der Waals surface area contributed by atoms with E-state index in [-0.39, 0.29) is 24.3 Å². The lowest BCUT2D eigenvalue weighted by atomic mass is 9.83. The summed E-state index contributed by atoms with van der Waals surface area (Å²) in [5, 5.41) is 20.5. The molecular weight excluding hydrogens is 398 g/mol. The summed E-state index contributed by atoms with van der Waals surface area (Å²) in [6.07, 6.45) is -0.947. The average molecular weight is 420 g/mol. The third-order valence-electron chi connectivity index (χ3n) is 5.27. The number of hydrogen-bond donors (Lipinski definition) is 3. The van der Waals surface area contributed by atoms with E-state index in [0.717, 1.165) is 5.56 Å². The number of anilines is 1. The lowest BCUT2D eigenvalue weighted by Gasteiger charge is -2.33. The first-order valence-electron chi connectivity index (χ1n) is 9.15. The van der Waals surface area contributed by atoms with Gasteiger partial charge in [-0.1, -0.05) is 37.3 Å². The van der Waals surface area contributed by atoms with Crippen LogP contribution >= 0.6 is 11.6 Å². The van der Waals surface area contributed by atoms with Crippen molar-refractivity contribution in [2.75, 3.05) is 18.9 Å². The van der Waals surface area contributed by atoms with Gasteiger partial charge in [0, 0.05) is 0 Å². The molecule has 10 heteroatoms. The number of rotatable bonds is 6. The summed E-state index contributed by atoms with van der Waals surface area (Å²) in [6.45, 7) is 2.06. The van der Waals surface area contributed by atoms with Crippen molar-refractivity contribution >= 4 is 28.6 Å². The second-order valence-corrected chi connectivity index (χ2v) is 7.68. The molecule has 3 heterocycles. The molecule has 0 bridgehead atoms. The van der Waals surface area contributed by atoms with Crippen molar-refractivity contribution in [2.24, 2.45) is 5.41 Å². The predicted molar refractivity (Wildman–Crippen MR) is 106 cm³/mol. The van der Waals surface area contributed by atoms with Crippen LogP contribution in [0, 0.1) is 5.41 Å². The minimum absolute atomic E-state index is 0.0176. The van der Waals surface area contributed by atoms with Gasteiger partial charge in [-0.05, 0) is 17.2 Å². The first-order chi connectivity index (χ1) is 13.9. The van der Waals surface area contributed by atoms with Crippen LogP contribution in [0.25, 0.3) is 11.2 Å². The fourth-order valence-corrected chi connectivity index (χ4v) is 3.87. The van der Waals surface area contributed by atoms with Gasteiger partial charge in [-0.3, -0.25) is 4.57 Å². The topological polar surface area (TPSA) is 129 Å². The maximum absolute atomic E-state index is 10.9. The normalized spacial score (nSPS) is 27.0. The molecule has 3 aromatic rings. The van der Waals surface area contributed by atoms with Gasteiger partial charge >= 0.3 is 0 Å². The van der Waals surface area contributed by atoms with Crippen LogP contribution in [0.2, 0.25) is 5.28 Å². The third-order valence-corrected chi connectivity index (χ3v) is 5.44. The zero-order valence-corrected chi connectivity index (χ0v) is 16.5. The predicted octanol–water partition coefficient (Wildman–Crippen LogP) is 1.54. The quantitative estimate of drug-likeness (QED) is 0.513. The number of aliphatic hydroxyl groups excluding tert-OH is 2. The van der Waals surface area contributed by atoms with E-state index in [2.05, 4.69) is 15.0 Å². The molecular formula is C19H22ClN5O4. The van der Waals surface area contributed by atoms with Crippen molar-refractivity contribution in [3.05, 3.63) is 47.5 Å². The van der Waals surface area contributed by atoms with Crippen LogP contribution in [0.3, 0.4) is 0 Å². The second-order valence-electron chi connectivity index (χ2n) is 7.34. The number of imidazole rings is 1. The van der Waals surface area contributed by atoms with Gasteiger partial charge in [-0.2, -0.15) is 9.97 Å². The van der Waals surface area contributed by atoms with Crippen LogP contribution in [0.4, 0.5) is 5.82 Å². The molecule has 0 amide bonds. The molecule has 4 N–H and O–H groups in total. The minimum Gasteiger partial charge on any atom is -0.394 e. The molecule has 0 spiro atoms. The number of halogens is 1. The number of hydrogen-bond acceptors (Lipinski definition) is 8. The van der Waals surface area contributed by atoms with E-state index >= 15 is 0 Å². The minimum atomic E-state index is -0.972. The van der Waals surface area contributed by atoms with Gasteiger partial charge in [0.25, 0.3) is 0 Å². The molecule has 1 aliphatic rings. The smallest absolute Gasteiger partial charge is 0.226 e. The molecule has 1 aliphatic heterocycles. The monoisotopic (exact) mass is 419 g/mol. The summed E-state index contributed by atoms with van der Waals surface area (Å²) in [5.74, 6) is 0.151. The molecule has 29 heavy (non-hydrogen) atoms. The fraction of sp³-hybridized carbons (Fsp3) is 0.421. The molecule has 4 atom stereocenters. The Bertz CT molecular complexity index is 1000. The van der Waals surface area contributed by atoms with Gasteiger partial charge < -0.3 is 25.4 Å². The van der Waals surface area contributed by atoms with E-state index in [1.165, 1.54) is 6.33 Å². The number of nitrogen functional groups attached to an aromatic ring is 1. The van der Waals surface area contributed by atoms with Crippen LogP contribution in [0.5, 0.6) is 0 Å². The molecule has 154 valence electrons. The molecule has 1 aromatic carbocycles. The lowest BCUT2D eigenvalue weighted by molar-refractivity contribution is -0.0741. The SMILES string of the molecule is C[C@]1(COCc2ccccc2)C(O)[C@@H](CO)O[C@H]1n1cnc2c(N)nc(Cl)nc21. The Balaban J connectivity index is 1.65. The summed E-state index contributed by atoms with van der Waals surface area (Å²) in [6, 6.07) is 9.73. The van der Waals surface area contributed by atoms with Crippen molar-refractivity contribution < 1.29 is 19.7 Å². The highest BCUT2D eigenvalue weighted by atomic mass is 35.5. The van der Waals surface area contributed by atoms with Crippen LogP contribution in [-0.2, 0) is 16.1 Å². The van der Waals surface area contributed by atoms with E-state index in [0.29, 0.717) is 17.8 Å². The van der Waals surface area contributed by atoms with Gasteiger partial charge in [0.1, 0.15) is 17.8 Å². The molecule has 2 aromatic heterocycles. The van der Waals surface area contributed by atoms with E-state index in [9.17, 15) is 10.2 Å². The van der Waals surface area contributed by atoms with E-state index < -0.39 is 23.9 Å². The lowest BCUT2D eigenvalue weighted by Crippen LogP contribution is -2.41. The summed E-state index contributed by atoms with van der Waals surface area (Å²) < 4.78 is 13.5. The van der Waals surface area contributed by atoms with Crippen molar-refractivity contribution in [3.8, 4) is 0 Å². The number of aliphatic hydroxyl groups is 2. The van der Waals surface area contributed by atoms with Crippen molar-refractivity contribution in [2.45, 2.75) is 32.0 Å². The van der Waals surface area contributed by atoms with Crippen LogP contribution in [0.15, 0.2) is 36.7 Å². The van der Waals surface area contributed by atoms with E-state index in [4.69, 9.17) is 26.8 Å². The zero-order chi connectivity index (χ0) is 20.6. The highest BCUT2D eigenvalue weighted by molar-refractivity contribution is 6.28. The molecule has 1 unspecified atom stereocenters. The Morgan fingerprint density at radius 2 is 2.07 bits per heavy atom. The number of nitrogens with two attached hydrogens (primary N) is 1. The van der Waals surface area contributed by atoms with Crippen LogP contribution in [-0.4, -0.2) is 55.2 Å². The van der Waals surface area contributed by atoms with Crippen LogP contribution < -0.4 is 5.73 Å². The summed E-state index contributed by atoms with van der Waals surface area (Å²) in [7, 11) is 0. The zero-order valence-electron chi connectivity index (χ0n) is 15.8. The standard InChI is InChI=1S/C19H22ClN5O4/c1-19(9-28-8-11-5-3-2-4-6-11)14(27)12(7-26)29-17(19)25-10-22-13-15(21)23-18(20)24-16(13)25/h2-6,10,12,14,17,26-27H,7-9H2,1H3,(H2,21,23,24)/t12-,14?,17-,19+/m1/s1. The van der Waals surface area contributed by atoms with Gasteiger partial charge in [-0.15, -0.1) is 0 Å². The molecule has 0 aliphatic carbocycles. The Morgan fingerprint density at radius 3 is 2.79 bits per heavy atom. The van der Waals surface area contributed by atoms with Gasteiger partial charge in [0.05, 0.1) is 37.7 Å². The number of nitrogens with zero attached hydrogens (tertiary/aromatic N) is 4. The van der Waals surface area contributed by atoms with Gasteiger partial charge in [0.15, 0.2) is 11.5 Å². The molecule has 1 fully saturated rings. The maximum Gasteiger partial charge on any atom is 0.226 e. The maximum atomic E-state index is 10.9. The third kappa shape index (κ3) is 3.56. The Hall–Kier alpha value is -2.30. The van der Waals surface area contributed by atoms with Crippen molar-refractivity contribution in [1.29, 1.82) is 0 Å². The summed E-state index contributed by atoms with van der Waals surface area (Å²) >= 11 is 5.97. The summed E-state index contributed by atoms with van der Waals surface area (Å²) in [5.41, 5.74) is 6.79. The Morgan fingerprint density at radius 1 is 1.31 bits per heavy atom. The molecule has 4 rings (SSSR count). The van der Waals surface area contributed by atoms with Crippen molar-refractivity contribution in [1.82, 2.24) is 19.5 Å². The number of aromatic nitrogens is 4. The molecule has 0 radical (unpaired) electrons. The van der Waals surface area contributed by atoms with Gasteiger partial charge in [0.2, 0.25) is 5.28 Å². The number of benzene rings is 1. The Kier molecular flexibility index (Phi) is 5.41. The first-order valence-corrected chi connectivity index (χ1v) is 9.53. The average Bonchev–Trinajstić information content (AvgIpc) is 3.22. The molecule has 1 saturated heterocycles. The van der Waals surface area contributed by atoms with Gasteiger partial charge in [-0.25, -0.2) is 4.98 Å². The summed E-state index contributed by atoms with van der Waals surface area (Å²) in [4.78, 5) is 12.4. The highest BCUT2D eigenvalue weighted by Gasteiger charge is 2.54. The first kappa shape index (κ1) is 20.0. The second kappa shape index (κ2) is 7.85. The highest BCUT2D eigenvalue weighted by Crippen LogP contribution is 2.46. The van der Waals surface area contributed by atoms with E-state index in [1.54, 1.807) is 4.57 Å². The van der Waals surface area contributed by atoms with Crippen LogP contribution in [0.1, 0.15) is 18.7 Å². The van der Waals surface area contributed by atoms with E-state index in [1.807, 2.05) is 37.3 Å². The number of fused-ring (bicyclic) bond motifs is 1. The Labute approximate surface area is 172 Å². The fourth-order valence-electron chi connectivity index (χ4n) is 3.69. The largest absolute Gasteiger partial charge is 0.394 e. The van der Waals surface area contributed by atoms with Crippen molar-refractivity contribution in [3.63, 3.8) is 0 Å². The number of ether oxygens (including phenoxy) is 2. The molecule has 9 nitrogen and oxygen atoms in total. The molecule has 0 saturated carbocycles.